The highest BCUT2D eigenvalue weighted by Crippen LogP contribution is 2.26. The molecule has 1 heterocycles. The van der Waals surface area contributed by atoms with Crippen molar-refractivity contribution in [2.45, 2.75) is 25.7 Å². The van der Waals surface area contributed by atoms with Crippen molar-refractivity contribution in [3.05, 3.63) is 30.0 Å². The Kier molecular flexibility index (Phi) is 3.15. The molecule has 0 saturated heterocycles. The molecule has 1 saturated carbocycles. The molecule has 1 aliphatic rings. The molecule has 1 aliphatic carbocycles. The van der Waals surface area contributed by atoms with Crippen molar-refractivity contribution in [2.75, 3.05) is 6.54 Å². The van der Waals surface area contributed by atoms with Gasteiger partial charge in [0, 0.05) is 29.6 Å². The zero-order chi connectivity index (χ0) is 13.2. The van der Waals surface area contributed by atoms with Gasteiger partial charge in [-0.2, -0.15) is 0 Å². The molecular weight excluding hydrogens is 240 g/mol. The molecule has 1 fully saturated rings. The number of aromatic nitrogens is 1. The monoisotopic (exact) mass is 258 g/mol. The molecule has 0 atom stereocenters. The molecule has 4 nitrogen and oxygen atoms in total. The molecule has 3 rings (SSSR count). The fraction of sp³-hybridized carbons (Fsp3) is 0.400. The van der Waals surface area contributed by atoms with Crippen LogP contribution in [0.3, 0.4) is 0 Å². The van der Waals surface area contributed by atoms with Crippen LogP contribution in [0.5, 0.6) is 5.75 Å². The number of nitrogens with one attached hydrogen (secondary N) is 2. The molecule has 4 heteroatoms. The molecule has 0 aliphatic heterocycles. The van der Waals surface area contributed by atoms with E-state index in [4.69, 9.17) is 0 Å². The normalized spacial score (nSPS) is 15.4. The van der Waals surface area contributed by atoms with Crippen LogP contribution in [0.4, 0.5) is 0 Å². The molecule has 1 aromatic carbocycles. The van der Waals surface area contributed by atoms with E-state index in [9.17, 15) is 9.90 Å². The summed E-state index contributed by atoms with van der Waals surface area (Å²) in [5, 5.41) is 13.5. The summed E-state index contributed by atoms with van der Waals surface area (Å²) in [7, 11) is 0. The van der Waals surface area contributed by atoms with E-state index in [2.05, 4.69) is 10.3 Å². The topological polar surface area (TPSA) is 65.1 Å². The summed E-state index contributed by atoms with van der Waals surface area (Å²) in [4.78, 5) is 14.9. The lowest BCUT2D eigenvalue weighted by Crippen LogP contribution is -2.35. The molecule has 1 amide bonds. The Morgan fingerprint density at radius 2 is 2.26 bits per heavy atom. The second-order valence-electron chi connectivity index (χ2n) is 5.21. The number of benzene rings is 1. The van der Waals surface area contributed by atoms with Gasteiger partial charge in [0.05, 0.1) is 0 Å². The summed E-state index contributed by atoms with van der Waals surface area (Å²) in [5.74, 6) is 0.702. The van der Waals surface area contributed by atoms with E-state index in [1.807, 2.05) is 12.3 Å². The maximum absolute atomic E-state index is 11.7. The minimum Gasteiger partial charge on any atom is -0.508 e. The van der Waals surface area contributed by atoms with E-state index in [0.717, 1.165) is 35.7 Å². The number of amides is 1. The van der Waals surface area contributed by atoms with Crippen LogP contribution < -0.4 is 5.32 Å². The van der Waals surface area contributed by atoms with Gasteiger partial charge in [-0.25, -0.2) is 0 Å². The molecule has 0 bridgehead atoms. The average molecular weight is 258 g/mol. The van der Waals surface area contributed by atoms with Crippen molar-refractivity contribution < 1.29 is 9.90 Å². The molecule has 3 N–H and O–H groups in total. The smallest absolute Gasteiger partial charge is 0.223 e. The maximum atomic E-state index is 11.7. The predicted octanol–water partition coefficient (Wildman–Crippen LogP) is 2.33. The van der Waals surface area contributed by atoms with E-state index in [1.165, 1.54) is 6.42 Å². The minimum absolute atomic E-state index is 0.189. The number of carbonyl (C=O) groups is 1. The lowest BCUT2D eigenvalue weighted by Gasteiger charge is -2.23. The molecule has 1 aromatic heterocycles. The predicted molar refractivity (Wildman–Crippen MR) is 74.0 cm³/mol. The van der Waals surface area contributed by atoms with E-state index >= 15 is 0 Å². The van der Waals surface area contributed by atoms with Crippen LogP contribution in [0.15, 0.2) is 24.4 Å². The summed E-state index contributed by atoms with van der Waals surface area (Å²) >= 11 is 0. The van der Waals surface area contributed by atoms with Gasteiger partial charge in [-0.15, -0.1) is 0 Å². The van der Waals surface area contributed by atoms with Gasteiger partial charge in [0.15, 0.2) is 0 Å². The highest BCUT2D eigenvalue weighted by Gasteiger charge is 2.24. The van der Waals surface area contributed by atoms with Crippen molar-refractivity contribution in [1.82, 2.24) is 10.3 Å². The standard InChI is InChI=1S/C15H18N2O2/c18-12-4-5-14-13(8-12)11(9-17-14)6-7-16-15(19)10-2-1-3-10/h4-5,8-10,17-18H,1-3,6-7H2,(H,16,19). The van der Waals surface area contributed by atoms with Crippen molar-refractivity contribution in [3.8, 4) is 5.75 Å². The largest absolute Gasteiger partial charge is 0.508 e. The van der Waals surface area contributed by atoms with Crippen molar-refractivity contribution in [2.24, 2.45) is 5.92 Å². The lowest BCUT2D eigenvalue weighted by molar-refractivity contribution is -0.127. The number of hydrogen-bond donors (Lipinski definition) is 3. The summed E-state index contributed by atoms with van der Waals surface area (Å²) in [6.45, 7) is 0.651. The van der Waals surface area contributed by atoms with Gasteiger partial charge in [0.1, 0.15) is 5.75 Å². The zero-order valence-electron chi connectivity index (χ0n) is 10.8. The first-order valence-electron chi connectivity index (χ1n) is 6.81. The summed E-state index contributed by atoms with van der Waals surface area (Å²) in [5.41, 5.74) is 2.14. The third-order valence-corrected chi connectivity index (χ3v) is 3.92. The zero-order valence-corrected chi connectivity index (χ0v) is 10.8. The van der Waals surface area contributed by atoms with Gasteiger partial charge in [-0.1, -0.05) is 6.42 Å². The van der Waals surface area contributed by atoms with Gasteiger partial charge >= 0.3 is 0 Å². The Hall–Kier alpha value is -1.97. The number of phenols is 1. The Balaban J connectivity index is 1.61. The van der Waals surface area contributed by atoms with Crippen LogP contribution in [0.1, 0.15) is 24.8 Å². The van der Waals surface area contributed by atoms with Gasteiger partial charge in [0.2, 0.25) is 5.91 Å². The first-order valence-corrected chi connectivity index (χ1v) is 6.81. The SMILES string of the molecule is O=C(NCCc1c[nH]c2ccc(O)cc12)C1CCC1. The number of carbonyl (C=O) groups excluding carboxylic acids is 1. The third-order valence-electron chi connectivity index (χ3n) is 3.92. The first-order chi connectivity index (χ1) is 9.24. The molecule has 19 heavy (non-hydrogen) atoms. The highest BCUT2D eigenvalue weighted by molar-refractivity contribution is 5.84. The van der Waals surface area contributed by atoms with Crippen LogP contribution in [0, 0.1) is 5.92 Å². The number of rotatable bonds is 4. The van der Waals surface area contributed by atoms with Gasteiger partial charge in [0.25, 0.3) is 0 Å². The molecular formula is C15H18N2O2. The number of hydrogen-bond acceptors (Lipinski definition) is 2. The number of phenolic OH excluding ortho intramolecular Hbond substituents is 1. The number of aromatic amines is 1. The molecule has 100 valence electrons. The number of aromatic hydroxyl groups is 1. The fourth-order valence-electron chi connectivity index (χ4n) is 2.51. The van der Waals surface area contributed by atoms with Crippen LogP contribution in [0.2, 0.25) is 0 Å². The lowest BCUT2D eigenvalue weighted by atomic mass is 9.85. The number of fused-ring (bicyclic) bond motifs is 1. The summed E-state index contributed by atoms with van der Waals surface area (Å²) in [6.07, 6.45) is 5.97. The van der Waals surface area contributed by atoms with Crippen molar-refractivity contribution >= 4 is 16.8 Å². The van der Waals surface area contributed by atoms with Gasteiger partial charge < -0.3 is 15.4 Å². The van der Waals surface area contributed by atoms with Crippen molar-refractivity contribution in [1.29, 1.82) is 0 Å². The van der Waals surface area contributed by atoms with E-state index in [-0.39, 0.29) is 17.6 Å². The second-order valence-corrected chi connectivity index (χ2v) is 5.21. The minimum atomic E-state index is 0.189. The van der Waals surface area contributed by atoms with Crippen LogP contribution >= 0.6 is 0 Å². The Labute approximate surface area is 111 Å². The van der Waals surface area contributed by atoms with E-state index in [1.54, 1.807) is 12.1 Å². The second kappa shape index (κ2) is 4.96. The molecule has 2 aromatic rings. The quantitative estimate of drug-likeness (QED) is 0.788. The third kappa shape index (κ3) is 2.43. The molecule has 0 radical (unpaired) electrons. The number of H-pyrrole nitrogens is 1. The molecule has 0 unspecified atom stereocenters. The Bertz CT molecular complexity index is 599. The van der Waals surface area contributed by atoms with Gasteiger partial charge in [-0.05, 0) is 43.0 Å². The van der Waals surface area contributed by atoms with Crippen LogP contribution in [0.25, 0.3) is 10.9 Å². The van der Waals surface area contributed by atoms with Crippen LogP contribution in [-0.4, -0.2) is 22.5 Å². The van der Waals surface area contributed by atoms with E-state index in [0.29, 0.717) is 6.54 Å². The van der Waals surface area contributed by atoms with Crippen LogP contribution in [-0.2, 0) is 11.2 Å². The first kappa shape index (κ1) is 12.1. The Morgan fingerprint density at radius 3 is 3.00 bits per heavy atom. The average Bonchev–Trinajstić information content (AvgIpc) is 2.70. The summed E-state index contributed by atoms with van der Waals surface area (Å²) < 4.78 is 0. The van der Waals surface area contributed by atoms with Gasteiger partial charge in [-0.3, -0.25) is 4.79 Å². The Morgan fingerprint density at radius 1 is 1.42 bits per heavy atom. The fourth-order valence-corrected chi connectivity index (χ4v) is 2.51. The molecule has 0 spiro atoms. The van der Waals surface area contributed by atoms with E-state index < -0.39 is 0 Å². The van der Waals surface area contributed by atoms with Crippen molar-refractivity contribution in [3.63, 3.8) is 0 Å². The maximum Gasteiger partial charge on any atom is 0.223 e. The highest BCUT2D eigenvalue weighted by atomic mass is 16.3. The summed E-state index contributed by atoms with van der Waals surface area (Å²) in [6, 6.07) is 5.29.